The molecule has 1 saturated heterocycles. The second-order valence-electron chi connectivity index (χ2n) is 7.21. The van der Waals surface area contributed by atoms with Crippen LogP contribution >= 0.6 is 0 Å². The Kier molecular flexibility index (Phi) is 5.64. The van der Waals surface area contributed by atoms with Gasteiger partial charge in [-0.2, -0.15) is 5.10 Å². The highest BCUT2D eigenvalue weighted by Gasteiger charge is 2.28. The molecule has 13 heteroatoms. The van der Waals surface area contributed by atoms with Crippen LogP contribution in [-0.4, -0.2) is 57.2 Å². The molecule has 3 heterocycles. The summed E-state index contributed by atoms with van der Waals surface area (Å²) in [6, 6.07) is 5.20. The molecule has 3 aromatic rings. The Bertz CT molecular complexity index is 1210. The van der Waals surface area contributed by atoms with Gasteiger partial charge < -0.3 is 14.7 Å². The highest BCUT2D eigenvalue weighted by molar-refractivity contribution is 5.90. The summed E-state index contributed by atoms with van der Waals surface area (Å²) in [6.45, 7) is 6.28. The topological polar surface area (TPSA) is 158 Å². The Morgan fingerprint density at radius 1 is 1.16 bits per heavy atom. The maximum atomic E-state index is 11.7. The van der Waals surface area contributed by atoms with Gasteiger partial charge in [-0.25, -0.2) is 9.67 Å². The number of aromatic nitrogens is 3. The van der Waals surface area contributed by atoms with Crippen LogP contribution < -0.4 is 10.2 Å². The molecule has 0 aliphatic carbocycles. The van der Waals surface area contributed by atoms with E-state index in [1.165, 1.54) is 16.8 Å². The van der Waals surface area contributed by atoms with Gasteiger partial charge in [0.05, 0.1) is 27.2 Å². The first-order valence-corrected chi connectivity index (χ1v) is 9.81. The lowest BCUT2D eigenvalue weighted by Gasteiger charge is -2.30. The molecular formula is C19H20N8O5. The molecule has 0 radical (unpaired) electrons. The number of hydrogen-bond donors (Lipinski definition) is 1. The molecule has 0 unspecified atom stereocenters. The third-order valence-corrected chi connectivity index (χ3v) is 5.03. The molecule has 2 aromatic heterocycles. The number of hydrogen-bond acceptors (Lipinski definition) is 10. The van der Waals surface area contributed by atoms with Gasteiger partial charge in [0.2, 0.25) is 0 Å². The monoisotopic (exact) mass is 440 g/mol. The van der Waals surface area contributed by atoms with Crippen molar-refractivity contribution in [1.82, 2.24) is 20.3 Å². The fraction of sp³-hybridized carbons (Fsp3) is 0.316. The first kappa shape index (κ1) is 21.1. The normalized spacial score (nSPS) is 14.2. The van der Waals surface area contributed by atoms with Crippen molar-refractivity contribution in [2.75, 3.05) is 31.1 Å². The van der Waals surface area contributed by atoms with E-state index in [2.05, 4.69) is 25.5 Å². The fourth-order valence-corrected chi connectivity index (χ4v) is 3.52. The summed E-state index contributed by atoms with van der Waals surface area (Å²) in [5.74, 6) is 1.63. The molecule has 0 amide bonds. The van der Waals surface area contributed by atoms with E-state index in [4.69, 9.17) is 4.52 Å². The molecule has 13 nitrogen and oxygen atoms in total. The quantitative estimate of drug-likeness (QED) is 0.345. The second kappa shape index (κ2) is 8.55. The fourth-order valence-electron chi connectivity index (χ4n) is 3.52. The van der Waals surface area contributed by atoms with Gasteiger partial charge in [0, 0.05) is 44.5 Å². The van der Waals surface area contributed by atoms with Crippen molar-refractivity contribution < 1.29 is 14.4 Å². The Morgan fingerprint density at radius 3 is 2.53 bits per heavy atom. The summed E-state index contributed by atoms with van der Waals surface area (Å²) in [4.78, 5) is 28.0. The smallest absolute Gasteiger partial charge is 0.301 e. The number of benzene rings is 1. The molecule has 1 fully saturated rings. The van der Waals surface area contributed by atoms with Gasteiger partial charge >= 0.3 is 5.69 Å². The van der Waals surface area contributed by atoms with Crippen LogP contribution in [0.25, 0.3) is 5.69 Å². The van der Waals surface area contributed by atoms with E-state index in [9.17, 15) is 20.2 Å². The predicted molar refractivity (Wildman–Crippen MR) is 115 cm³/mol. The van der Waals surface area contributed by atoms with E-state index >= 15 is 0 Å². The number of aliphatic imine (C=N–C) groups is 1. The van der Waals surface area contributed by atoms with Gasteiger partial charge in [-0.3, -0.25) is 20.2 Å². The van der Waals surface area contributed by atoms with Gasteiger partial charge in [-0.15, -0.1) is 0 Å². The number of nitrogens with zero attached hydrogens (tertiary/aromatic N) is 7. The average molecular weight is 440 g/mol. The van der Waals surface area contributed by atoms with E-state index in [1.54, 1.807) is 26.1 Å². The minimum Gasteiger partial charge on any atom is -0.359 e. The van der Waals surface area contributed by atoms with Gasteiger partial charge in [0.25, 0.3) is 5.69 Å². The number of anilines is 1. The zero-order chi connectivity index (χ0) is 22.8. The minimum absolute atomic E-state index is 0.133. The molecule has 32 heavy (non-hydrogen) atoms. The summed E-state index contributed by atoms with van der Waals surface area (Å²) >= 11 is 0. The van der Waals surface area contributed by atoms with E-state index in [-0.39, 0.29) is 11.4 Å². The molecule has 0 bridgehead atoms. The SMILES string of the molecule is Cc1cc(N=Cc2c(C)nn(-c3ccc([N+](=O)[O-])cc3[N+](=O)[O-])c2N2CCNCC2)no1. The third kappa shape index (κ3) is 4.05. The molecular weight excluding hydrogens is 420 g/mol. The zero-order valence-electron chi connectivity index (χ0n) is 17.4. The zero-order valence-corrected chi connectivity index (χ0v) is 17.4. The van der Waals surface area contributed by atoms with E-state index in [0.717, 1.165) is 19.2 Å². The lowest BCUT2D eigenvalue weighted by molar-refractivity contribution is -0.394. The number of nitrogens with one attached hydrogen (secondary N) is 1. The second-order valence-corrected chi connectivity index (χ2v) is 7.21. The maximum Gasteiger partial charge on any atom is 0.301 e. The van der Waals surface area contributed by atoms with Crippen LogP contribution in [0.5, 0.6) is 0 Å². The average Bonchev–Trinajstić information content (AvgIpc) is 3.34. The summed E-state index contributed by atoms with van der Waals surface area (Å²) in [7, 11) is 0. The van der Waals surface area contributed by atoms with E-state index < -0.39 is 15.5 Å². The largest absolute Gasteiger partial charge is 0.359 e. The number of non-ortho nitro benzene ring substituents is 1. The minimum atomic E-state index is -0.666. The molecule has 1 N–H and O–H groups in total. The van der Waals surface area contributed by atoms with E-state index in [1.807, 2.05) is 0 Å². The van der Waals surface area contributed by atoms with Crippen LogP contribution in [0.1, 0.15) is 17.0 Å². The summed E-state index contributed by atoms with van der Waals surface area (Å²) in [5.41, 5.74) is 0.620. The van der Waals surface area contributed by atoms with Crippen molar-refractivity contribution in [3.05, 3.63) is 61.5 Å². The highest BCUT2D eigenvalue weighted by atomic mass is 16.6. The first-order chi connectivity index (χ1) is 15.3. The molecule has 1 aliphatic heterocycles. The Balaban J connectivity index is 1.88. The van der Waals surface area contributed by atoms with Crippen LogP contribution in [0.2, 0.25) is 0 Å². The lowest BCUT2D eigenvalue weighted by Crippen LogP contribution is -2.44. The van der Waals surface area contributed by atoms with Crippen molar-refractivity contribution in [3.63, 3.8) is 0 Å². The van der Waals surface area contributed by atoms with Gasteiger partial charge in [0.1, 0.15) is 17.3 Å². The third-order valence-electron chi connectivity index (χ3n) is 5.03. The highest BCUT2D eigenvalue weighted by Crippen LogP contribution is 2.33. The number of piperazine rings is 1. The van der Waals surface area contributed by atoms with Gasteiger partial charge in [-0.1, -0.05) is 5.16 Å². The first-order valence-electron chi connectivity index (χ1n) is 9.81. The standard InChI is InChI=1S/C19H20N8O5/c1-12-9-18(23-32-12)21-11-15-13(2)22-25(19(15)24-7-5-20-6-8-24)16-4-3-14(26(28)29)10-17(16)27(30)31/h3-4,9-11,20H,5-8H2,1-2H3. The molecule has 0 spiro atoms. The van der Waals surface area contributed by atoms with Crippen molar-refractivity contribution in [2.45, 2.75) is 13.8 Å². The predicted octanol–water partition coefficient (Wildman–Crippen LogP) is 2.45. The van der Waals surface area contributed by atoms with Crippen LogP contribution in [0, 0.1) is 34.1 Å². The van der Waals surface area contributed by atoms with Gasteiger partial charge in [0.15, 0.2) is 5.82 Å². The van der Waals surface area contributed by atoms with Crippen LogP contribution in [-0.2, 0) is 0 Å². The molecule has 166 valence electrons. The van der Waals surface area contributed by atoms with Crippen molar-refractivity contribution in [1.29, 1.82) is 0 Å². The Morgan fingerprint density at radius 2 is 1.91 bits per heavy atom. The molecule has 0 saturated carbocycles. The molecule has 0 atom stereocenters. The Labute approximate surface area is 181 Å². The number of aryl methyl sites for hydroxylation is 2. The molecule has 1 aromatic carbocycles. The number of rotatable bonds is 6. The van der Waals surface area contributed by atoms with Crippen molar-refractivity contribution in [3.8, 4) is 5.69 Å². The Hall–Kier alpha value is -4.13. The van der Waals surface area contributed by atoms with Crippen LogP contribution in [0.3, 0.4) is 0 Å². The van der Waals surface area contributed by atoms with Crippen LogP contribution in [0.15, 0.2) is 33.8 Å². The lowest BCUT2D eigenvalue weighted by atomic mass is 10.2. The van der Waals surface area contributed by atoms with E-state index in [0.29, 0.717) is 41.7 Å². The van der Waals surface area contributed by atoms with Gasteiger partial charge in [-0.05, 0) is 19.9 Å². The maximum absolute atomic E-state index is 11.7. The summed E-state index contributed by atoms with van der Waals surface area (Å²) < 4.78 is 6.50. The summed E-state index contributed by atoms with van der Waals surface area (Å²) in [5, 5.41) is 34.5. The van der Waals surface area contributed by atoms with Crippen LogP contribution in [0.4, 0.5) is 23.0 Å². The number of nitro groups is 2. The van der Waals surface area contributed by atoms with Crippen molar-refractivity contribution in [2.24, 2.45) is 4.99 Å². The number of nitro benzene ring substituents is 2. The van der Waals surface area contributed by atoms with Crippen molar-refractivity contribution >= 4 is 29.2 Å². The molecule has 4 rings (SSSR count). The molecule has 1 aliphatic rings. The summed E-state index contributed by atoms with van der Waals surface area (Å²) in [6.07, 6.45) is 1.60.